The zero-order chi connectivity index (χ0) is 13.1. The third kappa shape index (κ3) is 3.85. The zero-order valence-electron chi connectivity index (χ0n) is 11.2. The highest BCUT2D eigenvalue weighted by atomic mass is 16.3. The van der Waals surface area contributed by atoms with Gasteiger partial charge in [0.1, 0.15) is 17.5 Å². The molecule has 0 spiro atoms. The van der Waals surface area contributed by atoms with Crippen molar-refractivity contribution < 1.29 is 5.11 Å². The van der Waals surface area contributed by atoms with E-state index in [1.165, 1.54) is 0 Å². The van der Waals surface area contributed by atoms with E-state index in [2.05, 4.69) is 20.6 Å². The number of aromatic nitrogens is 2. The Morgan fingerprint density at radius 2 is 1.94 bits per heavy atom. The zero-order valence-corrected chi connectivity index (χ0v) is 11.2. The third-order valence-corrected chi connectivity index (χ3v) is 2.69. The van der Waals surface area contributed by atoms with Gasteiger partial charge in [-0.05, 0) is 34.6 Å². The molecule has 0 bridgehead atoms. The molecule has 3 N–H and O–H groups in total. The number of nitrogens with zero attached hydrogens (tertiary/aromatic N) is 2. The molecule has 0 saturated carbocycles. The van der Waals surface area contributed by atoms with Crippen molar-refractivity contribution in [2.45, 2.75) is 46.3 Å². The van der Waals surface area contributed by atoms with E-state index < -0.39 is 11.6 Å². The van der Waals surface area contributed by atoms with Gasteiger partial charge in [0.2, 0.25) is 0 Å². The van der Waals surface area contributed by atoms with Gasteiger partial charge in [-0.15, -0.1) is 0 Å². The Morgan fingerprint density at radius 3 is 2.47 bits per heavy atom. The number of aryl methyl sites for hydroxylation is 1. The molecule has 0 aliphatic heterocycles. The minimum Gasteiger partial charge on any atom is -0.391 e. The lowest BCUT2D eigenvalue weighted by molar-refractivity contribution is 0.133. The second-order valence-electron chi connectivity index (χ2n) is 4.74. The summed E-state index contributed by atoms with van der Waals surface area (Å²) in [5, 5.41) is 16.0. The van der Waals surface area contributed by atoms with Crippen LogP contribution in [0.5, 0.6) is 0 Å². The molecule has 1 heterocycles. The molecular weight excluding hydrogens is 216 g/mol. The molecule has 0 aromatic carbocycles. The van der Waals surface area contributed by atoms with Gasteiger partial charge in [0.05, 0.1) is 11.6 Å². The highest BCUT2D eigenvalue weighted by Crippen LogP contribution is 2.18. The van der Waals surface area contributed by atoms with Crippen LogP contribution in [0.15, 0.2) is 6.07 Å². The van der Waals surface area contributed by atoms with Crippen LogP contribution in [0.3, 0.4) is 0 Å². The lowest BCUT2D eigenvalue weighted by atomic mass is 9.99. The summed E-state index contributed by atoms with van der Waals surface area (Å²) in [7, 11) is 0. The predicted octanol–water partition coefficient (Wildman–Crippen LogP) is 1.79. The summed E-state index contributed by atoms with van der Waals surface area (Å²) in [6.45, 7) is 10.3. The smallest absolute Gasteiger partial charge is 0.132 e. The maximum atomic E-state index is 9.66. The van der Waals surface area contributed by atoms with Gasteiger partial charge in [-0.25, -0.2) is 9.97 Å². The topological polar surface area (TPSA) is 70.1 Å². The summed E-state index contributed by atoms with van der Waals surface area (Å²) >= 11 is 0. The predicted molar refractivity (Wildman–Crippen MR) is 70.3 cm³/mol. The Morgan fingerprint density at radius 1 is 1.35 bits per heavy atom. The molecular formula is C12H22N4O. The molecule has 0 amide bonds. The first-order valence-electron chi connectivity index (χ1n) is 5.91. The largest absolute Gasteiger partial charge is 0.391 e. The Hall–Kier alpha value is -1.36. The first-order valence-corrected chi connectivity index (χ1v) is 5.91. The fourth-order valence-corrected chi connectivity index (χ4v) is 1.34. The van der Waals surface area contributed by atoms with Gasteiger partial charge >= 0.3 is 0 Å². The van der Waals surface area contributed by atoms with E-state index in [1.54, 1.807) is 6.92 Å². The molecule has 1 unspecified atom stereocenters. The summed E-state index contributed by atoms with van der Waals surface area (Å²) < 4.78 is 0. The van der Waals surface area contributed by atoms with E-state index in [9.17, 15) is 5.11 Å². The highest BCUT2D eigenvalue weighted by Gasteiger charge is 2.24. The second-order valence-corrected chi connectivity index (χ2v) is 4.74. The maximum absolute atomic E-state index is 9.66. The minimum atomic E-state index is -0.472. The number of nitrogens with one attached hydrogen (secondary N) is 2. The lowest BCUT2D eigenvalue weighted by Gasteiger charge is -2.30. The molecule has 1 aromatic heterocycles. The first-order chi connectivity index (χ1) is 7.85. The summed E-state index contributed by atoms with van der Waals surface area (Å²) in [4.78, 5) is 8.58. The second kappa shape index (κ2) is 5.31. The molecule has 5 nitrogen and oxygen atoms in total. The Labute approximate surface area is 103 Å². The molecule has 1 rings (SSSR count). The molecule has 17 heavy (non-hydrogen) atoms. The number of aliphatic hydroxyl groups is 1. The quantitative estimate of drug-likeness (QED) is 0.729. The van der Waals surface area contributed by atoms with Crippen molar-refractivity contribution in [2.24, 2.45) is 0 Å². The number of rotatable bonds is 5. The van der Waals surface area contributed by atoms with E-state index in [1.807, 2.05) is 33.8 Å². The molecule has 1 aromatic rings. The van der Waals surface area contributed by atoms with Gasteiger partial charge in [-0.3, -0.25) is 0 Å². The lowest BCUT2D eigenvalue weighted by Crippen LogP contribution is -2.42. The maximum Gasteiger partial charge on any atom is 0.132 e. The average Bonchev–Trinajstić information content (AvgIpc) is 2.15. The van der Waals surface area contributed by atoms with Crippen LogP contribution in [0.25, 0.3) is 0 Å². The van der Waals surface area contributed by atoms with Crippen molar-refractivity contribution in [3.05, 3.63) is 11.9 Å². The molecule has 96 valence electrons. The van der Waals surface area contributed by atoms with Crippen molar-refractivity contribution in [1.29, 1.82) is 0 Å². The van der Waals surface area contributed by atoms with Crippen molar-refractivity contribution in [2.75, 3.05) is 17.2 Å². The number of hydrogen-bond acceptors (Lipinski definition) is 5. The first kappa shape index (κ1) is 13.7. The van der Waals surface area contributed by atoms with Gasteiger partial charge < -0.3 is 15.7 Å². The van der Waals surface area contributed by atoms with E-state index in [0.717, 1.165) is 18.2 Å². The number of hydrogen-bond donors (Lipinski definition) is 3. The monoisotopic (exact) mass is 238 g/mol. The van der Waals surface area contributed by atoms with Crippen LogP contribution in [-0.4, -0.2) is 33.3 Å². The van der Waals surface area contributed by atoms with E-state index in [-0.39, 0.29) is 0 Å². The number of aliphatic hydroxyl groups excluding tert-OH is 1. The Bertz CT molecular complexity index is 377. The summed E-state index contributed by atoms with van der Waals surface area (Å²) in [6, 6.07) is 1.85. The molecule has 0 fully saturated rings. The summed E-state index contributed by atoms with van der Waals surface area (Å²) in [5.74, 6) is 2.22. The summed E-state index contributed by atoms with van der Waals surface area (Å²) in [5.41, 5.74) is -0.426. The van der Waals surface area contributed by atoms with Crippen LogP contribution in [-0.2, 0) is 0 Å². The van der Waals surface area contributed by atoms with Gasteiger partial charge in [0.15, 0.2) is 0 Å². The van der Waals surface area contributed by atoms with Crippen molar-refractivity contribution in [1.82, 2.24) is 9.97 Å². The molecule has 0 aliphatic rings. The normalized spacial score (nSPS) is 13.3. The van der Waals surface area contributed by atoms with Gasteiger partial charge in [-0.2, -0.15) is 0 Å². The fraction of sp³-hybridized carbons (Fsp3) is 0.667. The molecule has 5 heteroatoms. The van der Waals surface area contributed by atoms with Gasteiger partial charge in [-0.1, -0.05) is 0 Å². The average molecular weight is 238 g/mol. The van der Waals surface area contributed by atoms with Gasteiger partial charge in [0.25, 0.3) is 0 Å². The molecule has 1 atom stereocenters. The standard InChI is InChI=1S/C12H22N4O/c1-6-13-10-7-11(15-9(3)14-10)16-12(4,5)8(2)17/h7-8,17H,6H2,1-5H3,(H2,13,14,15,16). The molecule has 0 radical (unpaired) electrons. The number of anilines is 2. The van der Waals surface area contributed by atoms with E-state index >= 15 is 0 Å². The minimum absolute atomic E-state index is 0.426. The highest BCUT2D eigenvalue weighted by molar-refractivity contribution is 5.48. The Balaban J connectivity index is 2.91. The van der Waals surface area contributed by atoms with E-state index in [4.69, 9.17) is 0 Å². The van der Waals surface area contributed by atoms with E-state index in [0.29, 0.717) is 5.82 Å². The third-order valence-electron chi connectivity index (χ3n) is 2.69. The molecule has 0 aliphatic carbocycles. The van der Waals surface area contributed by atoms with Crippen LogP contribution in [0.4, 0.5) is 11.6 Å². The molecule has 0 saturated heterocycles. The van der Waals surface area contributed by atoms with Crippen LogP contribution in [0, 0.1) is 6.92 Å². The fourth-order valence-electron chi connectivity index (χ4n) is 1.34. The summed E-state index contributed by atoms with van der Waals surface area (Å²) in [6.07, 6.45) is -0.472. The Kier molecular flexibility index (Phi) is 4.28. The van der Waals surface area contributed by atoms with Crippen molar-refractivity contribution in [3.63, 3.8) is 0 Å². The van der Waals surface area contributed by atoms with Crippen molar-refractivity contribution >= 4 is 11.6 Å². The van der Waals surface area contributed by atoms with Crippen molar-refractivity contribution in [3.8, 4) is 0 Å². The van der Waals surface area contributed by atoms with Gasteiger partial charge in [0, 0.05) is 12.6 Å². The van der Waals surface area contributed by atoms with Crippen LogP contribution >= 0.6 is 0 Å². The van der Waals surface area contributed by atoms with Crippen LogP contribution < -0.4 is 10.6 Å². The van der Waals surface area contributed by atoms with Crippen LogP contribution in [0.2, 0.25) is 0 Å². The van der Waals surface area contributed by atoms with Crippen LogP contribution in [0.1, 0.15) is 33.5 Å². The SMILES string of the molecule is CCNc1cc(NC(C)(C)C(C)O)nc(C)n1.